The molecule has 5 N–H and O–H groups in total. The molecule has 1 saturated heterocycles. The zero-order chi connectivity index (χ0) is 14.3. The van der Waals surface area contributed by atoms with E-state index in [9.17, 15) is 15.0 Å². The molecule has 6 atom stereocenters. The molecule has 0 radical (unpaired) electrons. The van der Waals surface area contributed by atoms with Gasteiger partial charge in [0.25, 0.3) is 0 Å². The normalized spacial score (nSPS) is 43.0. The molecule has 0 saturated carbocycles. The molecule has 1 amide bonds. The van der Waals surface area contributed by atoms with Gasteiger partial charge >= 0.3 is 0 Å². The van der Waals surface area contributed by atoms with E-state index in [2.05, 4.69) is 20.9 Å². The van der Waals surface area contributed by atoms with Crippen LogP contribution in [0.15, 0.2) is 16.8 Å². The molecule has 0 spiro atoms. The molecule has 0 aromatic heterocycles. The van der Waals surface area contributed by atoms with E-state index in [1.807, 2.05) is 0 Å². The molecule has 0 aromatic rings. The standard InChI is InChI=1S/C12H18N4O4/c1-20-11-6(3-17)16-8(10(11)18)5-2-13-9-7(5)14-4-15-12(9)19/h2,4,6-11,13,16-18H,3H2,1H3,(H,14,15,19)/t6-,7?,8+,9?,10+,11-/m1/s1. The summed E-state index contributed by atoms with van der Waals surface area (Å²) in [5.74, 6) is -0.147. The summed E-state index contributed by atoms with van der Waals surface area (Å²) in [5, 5.41) is 28.3. The molecule has 0 aromatic carbocycles. The Balaban J connectivity index is 1.82. The highest BCUT2D eigenvalue weighted by atomic mass is 16.5. The molecule has 0 bridgehead atoms. The lowest BCUT2D eigenvalue weighted by Crippen LogP contribution is -2.51. The average molecular weight is 282 g/mol. The lowest BCUT2D eigenvalue weighted by Gasteiger charge is -2.25. The summed E-state index contributed by atoms with van der Waals surface area (Å²) in [6.45, 7) is -0.134. The number of nitrogens with zero attached hydrogens (tertiary/aromatic N) is 1. The molecule has 3 rings (SSSR count). The number of hydrogen-bond acceptors (Lipinski definition) is 7. The first-order chi connectivity index (χ1) is 9.67. The summed E-state index contributed by atoms with van der Waals surface area (Å²) in [6, 6.07) is -1.53. The van der Waals surface area contributed by atoms with Gasteiger partial charge in [-0.2, -0.15) is 0 Å². The lowest BCUT2D eigenvalue weighted by atomic mass is 9.93. The maximum absolute atomic E-state index is 11.7. The Kier molecular flexibility index (Phi) is 3.47. The highest BCUT2D eigenvalue weighted by Crippen LogP contribution is 2.29. The van der Waals surface area contributed by atoms with E-state index in [-0.39, 0.29) is 24.6 Å². The Morgan fingerprint density at radius 3 is 2.90 bits per heavy atom. The van der Waals surface area contributed by atoms with Crippen LogP contribution in [0, 0.1) is 0 Å². The van der Waals surface area contributed by atoms with E-state index in [4.69, 9.17) is 4.74 Å². The molecule has 3 heterocycles. The van der Waals surface area contributed by atoms with Crippen molar-refractivity contribution in [2.75, 3.05) is 13.7 Å². The highest BCUT2D eigenvalue weighted by molar-refractivity contribution is 5.95. The molecule has 1 fully saturated rings. The lowest BCUT2D eigenvalue weighted by molar-refractivity contribution is -0.121. The minimum absolute atomic E-state index is 0.134. The van der Waals surface area contributed by atoms with Gasteiger partial charge in [-0.1, -0.05) is 0 Å². The van der Waals surface area contributed by atoms with Crippen molar-refractivity contribution in [3.63, 3.8) is 0 Å². The van der Waals surface area contributed by atoms with Crippen molar-refractivity contribution in [1.82, 2.24) is 16.0 Å². The van der Waals surface area contributed by atoms with Crippen molar-refractivity contribution in [3.8, 4) is 0 Å². The maximum Gasteiger partial charge on any atom is 0.250 e. The number of methoxy groups -OCH3 is 1. The van der Waals surface area contributed by atoms with Gasteiger partial charge in [0.1, 0.15) is 24.3 Å². The molecule has 0 aliphatic carbocycles. The van der Waals surface area contributed by atoms with Crippen LogP contribution in [0.5, 0.6) is 0 Å². The Bertz CT molecular complexity index is 466. The molecule has 3 aliphatic rings. The minimum Gasteiger partial charge on any atom is -0.395 e. The zero-order valence-electron chi connectivity index (χ0n) is 11.0. The molecule has 20 heavy (non-hydrogen) atoms. The van der Waals surface area contributed by atoms with Crippen LogP contribution >= 0.6 is 0 Å². The van der Waals surface area contributed by atoms with Crippen LogP contribution < -0.4 is 16.0 Å². The van der Waals surface area contributed by atoms with Gasteiger partial charge in [-0.15, -0.1) is 0 Å². The maximum atomic E-state index is 11.7. The summed E-state index contributed by atoms with van der Waals surface area (Å²) in [7, 11) is 1.50. The number of nitrogens with one attached hydrogen (secondary N) is 3. The Morgan fingerprint density at radius 1 is 1.45 bits per heavy atom. The minimum atomic E-state index is -0.802. The van der Waals surface area contributed by atoms with Crippen LogP contribution in [0.1, 0.15) is 0 Å². The number of aliphatic hydroxyl groups is 2. The number of carbonyl (C=O) groups excluding carboxylic acids is 1. The fourth-order valence-electron chi connectivity index (χ4n) is 3.10. The second-order valence-electron chi connectivity index (χ2n) is 5.14. The van der Waals surface area contributed by atoms with Crippen molar-refractivity contribution < 1.29 is 19.7 Å². The third kappa shape index (κ3) is 1.92. The van der Waals surface area contributed by atoms with Crippen LogP contribution in [0.4, 0.5) is 0 Å². The van der Waals surface area contributed by atoms with E-state index in [0.717, 1.165) is 5.57 Å². The SMILES string of the molecule is CO[C@H]1[C@@H](O)[C@H](C2=CNC3C(=O)NC=NC23)N[C@@H]1CO. The first-order valence-electron chi connectivity index (χ1n) is 6.53. The van der Waals surface area contributed by atoms with Gasteiger partial charge in [0, 0.05) is 13.3 Å². The smallest absolute Gasteiger partial charge is 0.250 e. The fraction of sp³-hybridized carbons (Fsp3) is 0.667. The molecule has 8 heteroatoms. The monoisotopic (exact) mass is 282 g/mol. The number of carbonyl (C=O) groups is 1. The van der Waals surface area contributed by atoms with Crippen LogP contribution in [-0.4, -0.2) is 72.6 Å². The van der Waals surface area contributed by atoms with Crippen molar-refractivity contribution in [1.29, 1.82) is 0 Å². The summed E-state index contributed by atoms with van der Waals surface area (Å²) in [6.07, 6.45) is 1.80. The van der Waals surface area contributed by atoms with Gasteiger partial charge in [0.05, 0.1) is 25.0 Å². The Labute approximate surface area is 115 Å². The van der Waals surface area contributed by atoms with Gasteiger partial charge < -0.3 is 30.9 Å². The molecule has 8 nitrogen and oxygen atoms in total. The van der Waals surface area contributed by atoms with E-state index in [1.54, 1.807) is 6.20 Å². The quantitative estimate of drug-likeness (QED) is 0.379. The Morgan fingerprint density at radius 2 is 2.25 bits per heavy atom. The van der Waals surface area contributed by atoms with Crippen LogP contribution in [-0.2, 0) is 9.53 Å². The first-order valence-corrected chi connectivity index (χ1v) is 6.53. The topological polar surface area (TPSA) is 115 Å². The average Bonchev–Trinajstić information content (AvgIpc) is 3.00. The van der Waals surface area contributed by atoms with Gasteiger partial charge in [-0.3, -0.25) is 9.79 Å². The van der Waals surface area contributed by atoms with Crippen LogP contribution in [0.2, 0.25) is 0 Å². The van der Waals surface area contributed by atoms with Crippen molar-refractivity contribution >= 4 is 12.2 Å². The summed E-state index contributed by atoms with van der Waals surface area (Å²) in [5.41, 5.74) is 0.798. The van der Waals surface area contributed by atoms with Gasteiger partial charge in [0.2, 0.25) is 5.91 Å². The Hall–Kier alpha value is -1.48. The first kappa shape index (κ1) is 13.5. The van der Waals surface area contributed by atoms with E-state index >= 15 is 0 Å². The summed E-state index contributed by atoms with van der Waals surface area (Å²) in [4.78, 5) is 16.0. The highest BCUT2D eigenvalue weighted by Gasteiger charge is 2.48. The van der Waals surface area contributed by atoms with Gasteiger partial charge in [0.15, 0.2) is 0 Å². The third-order valence-electron chi connectivity index (χ3n) is 4.11. The second-order valence-corrected chi connectivity index (χ2v) is 5.14. The fourth-order valence-corrected chi connectivity index (χ4v) is 3.10. The van der Waals surface area contributed by atoms with Crippen LogP contribution in [0.3, 0.4) is 0 Å². The van der Waals surface area contributed by atoms with E-state index in [1.165, 1.54) is 13.4 Å². The number of fused-ring (bicyclic) bond motifs is 1. The van der Waals surface area contributed by atoms with Crippen LogP contribution in [0.25, 0.3) is 0 Å². The number of aliphatic hydroxyl groups excluding tert-OH is 2. The second kappa shape index (κ2) is 5.13. The third-order valence-corrected chi connectivity index (χ3v) is 4.11. The van der Waals surface area contributed by atoms with Crippen molar-refractivity contribution in [3.05, 3.63) is 11.8 Å². The number of hydrogen-bond donors (Lipinski definition) is 5. The molecule has 2 unspecified atom stereocenters. The molecule has 3 aliphatic heterocycles. The number of ether oxygens (including phenoxy) is 1. The van der Waals surface area contributed by atoms with Gasteiger partial charge in [-0.25, -0.2) is 0 Å². The summed E-state index contributed by atoms with van der Waals surface area (Å²) < 4.78 is 5.24. The van der Waals surface area contributed by atoms with Gasteiger partial charge in [-0.05, 0) is 5.57 Å². The van der Waals surface area contributed by atoms with Crippen molar-refractivity contribution in [2.45, 2.75) is 36.4 Å². The van der Waals surface area contributed by atoms with E-state index in [0.29, 0.717) is 0 Å². The number of aliphatic imine (C=N–C) groups is 1. The molecule has 110 valence electrons. The zero-order valence-corrected chi connectivity index (χ0v) is 11.0. The largest absolute Gasteiger partial charge is 0.395 e. The van der Waals surface area contributed by atoms with Crippen molar-refractivity contribution in [2.24, 2.45) is 4.99 Å². The predicted molar refractivity (Wildman–Crippen MR) is 70.0 cm³/mol. The molecular formula is C12H18N4O4. The summed E-state index contributed by atoms with van der Waals surface area (Å²) >= 11 is 0. The number of amides is 1. The predicted octanol–water partition coefficient (Wildman–Crippen LogP) is -2.92. The molecular weight excluding hydrogens is 264 g/mol. The number of rotatable bonds is 3. The van der Waals surface area contributed by atoms with E-state index < -0.39 is 24.3 Å².